The van der Waals surface area contributed by atoms with Crippen molar-refractivity contribution in [3.8, 4) is 5.75 Å². The van der Waals surface area contributed by atoms with Crippen LogP contribution in [-0.4, -0.2) is 12.0 Å². The number of nitrogens with zero attached hydrogens (tertiary/aromatic N) is 3. The van der Waals surface area contributed by atoms with E-state index in [9.17, 15) is 10.1 Å². The Labute approximate surface area is 73.5 Å². The fraction of sp³-hybridized carbons (Fsp3) is 0.143. The van der Waals surface area contributed by atoms with Crippen LogP contribution >= 0.6 is 0 Å². The molecule has 0 N–H and O–H groups in total. The molecular weight excluding hydrogens is 174 g/mol. The van der Waals surface area contributed by atoms with E-state index in [0.29, 0.717) is 5.75 Å². The highest BCUT2D eigenvalue weighted by Crippen LogP contribution is 2.30. The molecule has 1 aromatic rings. The first-order chi connectivity index (χ1) is 6.19. The maximum absolute atomic E-state index is 10.4. The number of nitro benzene ring substituents is 1. The number of ether oxygens (including phenoxy) is 1. The molecule has 0 aliphatic rings. The van der Waals surface area contributed by atoms with E-state index in [1.165, 1.54) is 25.3 Å². The molecule has 0 amide bonds. The van der Waals surface area contributed by atoms with Crippen molar-refractivity contribution in [1.82, 2.24) is 0 Å². The van der Waals surface area contributed by atoms with Crippen molar-refractivity contribution in [2.24, 2.45) is 0 Å². The van der Waals surface area contributed by atoms with Crippen molar-refractivity contribution in [3.63, 3.8) is 0 Å². The van der Waals surface area contributed by atoms with Crippen LogP contribution in [0.5, 0.6) is 5.75 Å². The first-order valence-corrected chi connectivity index (χ1v) is 3.36. The second kappa shape index (κ2) is 3.49. The molecule has 0 unspecified atom stereocenters. The monoisotopic (exact) mass is 180 g/mol. The minimum atomic E-state index is -0.630. The van der Waals surface area contributed by atoms with Gasteiger partial charge in [-0.25, -0.2) is 0 Å². The smallest absolute Gasteiger partial charge is 0.464 e. The summed E-state index contributed by atoms with van der Waals surface area (Å²) in [7, 11) is 1.42. The van der Waals surface area contributed by atoms with E-state index in [2.05, 4.69) is 4.98 Å². The molecule has 0 aliphatic carbocycles. The van der Waals surface area contributed by atoms with Gasteiger partial charge in [0.25, 0.3) is 0 Å². The minimum Gasteiger partial charge on any atom is -0.496 e. The van der Waals surface area contributed by atoms with Gasteiger partial charge >= 0.3 is 11.4 Å². The van der Waals surface area contributed by atoms with Gasteiger partial charge in [0.05, 0.1) is 18.1 Å². The molecule has 0 aliphatic heterocycles. The summed E-state index contributed by atoms with van der Waals surface area (Å²) in [6, 6.07) is 3.92. The molecule has 6 nitrogen and oxygen atoms in total. The summed E-state index contributed by atoms with van der Waals surface area (Å²) in [5, 5.41) is 18.8. The zero-order valence-electron chi connectivity index (χ0n) is 6.80. The van der Waals surface area contributed by atoms with Crippen molar-refractivity contribution < 1.29 is 9.66 Å². The number of diazo groups is 1. The highest BCUT2D eigenvalue weighted by Gasteiger charge is 2.24. The summed E-state index contributed by atoms with van der Waals surface area (Å²) in [6.07, 6.45) is 0. The SMILES string of the molecule is COc1ccc([N+](=O)[O-])c([N+]#N)c1. The number of rotatable bonds is 2. The third kappa shape index (κ3) is 1.70. The molecule has 0 spiro atoms. The van der Waals surface area contributed by atoms with Gasteiger partial charge in [-0.1, -0.05) is 0 Å². The summed E-state index contributed by atoms with van der Waals surface area (Å²) in [5.41, 5.74) is -0.382. The minimum absolute atomic E-state index is 0.121. The highest BCUT2D eigenvalue weighted by molar-refractivity contribution is 5.64. The Bertz CT molecular complexity index is 383. The van der Waals surface area contributed by atoms with Crippen molar-refractivity contribution in [3.05, 3.63) is 33.3 Å². The Kier molecular flexibility index (Phi) is 2.40. The average Bonchev–Trinajstić information content (AvgIpc) is 2.16. The van der Waals surface area contributed by atoms with Crippen LogP contribution in [0.4, 0.5) is 11.4 Å². The molecule has 0 bridgehead atoms. The molecule has 13 heavy (non-hydrogen) atoms. The lowest BCUT2D eigenvalue weighted by Crippen LogP contribution is -1.89. The fourth-order valence-electron chi connectivity index (χ4n) is 0.865. The van der Waals surface area contributed by atoms with Gasteiger partial charge in [0.1, 0.15) is 5.75 Å². The lowest BCUT2D eigenvalue weighted by molar-refractivity contribution is -0.383. The highest BCUT2D eigenvalue weighted by atomic mass is 16.6. The number of nitro groups is 1. The van der Waals surface area contributed by atoms with Crippen molar-refractivity contribution in [1.29, 1.82) is 5.39 Å². The van der Waals surface area contributed by atoms with E-state index >= 15 is 0 Å². The first kappa shape index (κ1) is 8.93. The average molecular weight is 180 g/mol. The van der Waals surface area contributed by atoms with Crippen LogP contribution in [0.2, 0.25) is 0 Å². The van der Waals surface area contributed by atoms with Crippen LogP contribution < -0.4 is 4.74 Å². The maximum Gasteiger partial charge on any atom is 0.464 e. The van der Waals surface area contributed by atoms with Crippen LogP contribution in [-0.2, 0) is 0 Å². The molecule has 1 rings (SSSR count). The van der Waals surface area contributed by atoms with E-state index in [1.54, 1.807) is 0 Å². The molecular formula is C7H6N3O3+. The molecule has 0 aromatic heterocycles. The normalized spacial score (nSPS) is 8.92. The molecule has 0 atom stereocenters. The van der Waals surface area contributed by atoms with Gasteiger partial charge in [0.15, 0.2) is 4.98 Å². The Morgan fingerprint density at radius 1 is 1.62 bits per heavy atom. The number of methoxy groups -OCH3 is 1. The van der Waals surface area contributed by atoms with E-state index in [1.807, 2.05) is 0 Å². The molecule has 1 aromatic carbocycles. The lowest BCUT2D eigenvalue weighted by Gasteiger charge is -1.94. The van der Waals surface area contributed by atoms with E-state index in [-0.39, 0.29) is 11.4 Å². The topological polar surface area (TPSA) is 80.5 Å². The summed E-state index contributed by atoms with van der Waals surface area (Å²) in [5.74, 6) is 0.401. The summed E-state index contributed by atoms with van der Waals surface area (Å²) < 4.78 is 4.80. The van der Waals surface area contributed by atoms with Crippen LogP contribution in [0.15, 0.2) is 18.2 Å². The van der Waals surface area contributed by atoms with Gasteiger partial charge in [-0.3, -0.25) is 10.1 Å². The third-order valence-electron chi connectivity index (χ3n) is 1.49. The van der Waals surface area contributed by atoms with Crippen LogP contribution in [0.25, 0.3) is 4.98 Å². The third-order valence-corrected chi connectivity index (χ3v) is 1.49. The number of hydrogen-bond donors (Lipinski definition) is 0. The summed E-state index contributed by atoms with van der Waals surface area (Å²) >= 11 is 0. The molecule has 0 saturated carbocycles. The second-order valence-electron chi connectivity index (χ2n) is 2.21. The maximum atomic E-state index is 10.4. The zero-order valence-corrected chi connectivity index (χ0v) is 6.80. The van der Waals surface area contributed by atoms with Gasteiger partial charge < -0.3 is 4.74 Å². The lowest BCUT2D eigenvalue weighted by atomic mass is 10.2. The van der Waals surface area contributed by atoms with Gasteiger partial charge in [0.2, 0.25) is 5.39 Å². The number of benzene rings is 1. The zero-order chi connectivity index (χ0) is 9.84. The molecule has 0 heterocycles. The van der Waals surface area contributed by atoms with Crippen LogP contribution in [0, 0.1) is 15.5 Å². The van der Waals surface area contributed by atoms with E-state index in [4.69, 9.17) is 10.1 Å². The van der Waals surface area contributed by atoms with Crippen LogP contribution in [0.3, 0.4) is 0 Å². The Balaban J connectivity index is 3.26. The molecule has 0 saturated heterocycles. The van der Waals surface area contributed by atoms with Crippen molar-refractivity contribution in [2.75, 3.05) is 7.11 Å². The van der Waals surface area contributed by atoms with E-state index < -0.39 is 4.92 Å². The standard InChI is InChI=1S/C7H6N3O3/c1-13-5-2-3-7(10(11)12)6(4-5)9-8/h2-4H,1H3/q+1. The van der Waals surface area contributed by atoms with Crippen molar-refractivity contribution >= 4 is 11.4 Å². The predicted molar refractivity (Wildman–Crippen MR) is 44.4 cm³/mol. The van der Waals surface area contributed by atoms with Gasteiger partial charge in [0, 0.05) is 6.07 Å². The number of hydrogen-bond acceptors (Lipinski definition) is 4. The Hall–Kier alpha value is -2.16. The summed E-state index contributed by atoms with van der Waals surface area (Å²) in [4.78, 5) is 12.5. The molecule has 66 valence electrons. The molecule has 0 radical (unpaired) electrons. The van der Waals surface area contributed by atoms with Gasteiger partial charge in [-0.15, -0.1) is 0 Å². The summed E-state index contributed by atoms with van der Waals surface area (Å²) in [6.45, 7) is 0. The quantitative estimate of drug-likeness (QED) is 0.396. The molecule has 0 fully saturated rings. The largest absolute Gasteiger partial charge is 0.496 e. The van der Waals surface area contributed by atoms with Crippen LogP contribution in [0.1, 0.15) is 0 Å². The second-order valence-corrected chi connectivity index (χ2v) is 2.21. The van der Waals surface area contributed by atoms with E-state index in [0.717, 1.165) is 0 Å². The fourth-order valence-corrected chi connectivity index (χ4v) is 0.865. The van der Waals surface area contributed by atoms with Crippen molar-refractivity contribution in [2.45, 2.75) is 0 Å². The first-order valence-electron chi connectivity index (χ1n) is 3.36. The Morgan fingerprint density at radius 2 is 2.31 bits per heavy atom. The van der Waals surface area contributed by atoms with Gasteiger partial charge in [-0.05, 0) is 6.07 Å². The molecule has 6 heteroatoms. The Morgan fingerprint density at radius 3 is 2.77 bits per heavy atom. The predicted octanol–water partition coefficient (Wildman–Crippen LogP) is 2.09. The van der Waals surface area contributed by atoms with Gasteiger partial charge in [-0.2, -0.15) is 0 Å².